The third-order valence-corrected chi connectivity index (χ3v) is 4.29. The number of aromatic nitrogens is 3. The zero-order valence-corrected chi connectivity index (χ0v) is 13.8. The molecule has 0 aliphatic heterocycles. The summed E-state index contributed by atoms with van der Waals surface area (Å²) in [7, 11) is 0. The second kappa shape index (κ2) is 5.65. The van der Waals surface area contributed by atoms with Gasteiger partial charge in [-0.15, -0.1) is 11.6 Å². The normalized spacial score (nSPS) is 12.8. The van der Waals surface area contributed by atoms with E-state index in [0.29, 0.717) is 26.6 Å². The second-order valence-corrected chi connectivity index (χ2v) is 6.38. The molecule has 0 aliphatic rings. The van der Waals surface area contributed by atoms with Gasteiger partial charge in [0.05, 0.1) is 37.8 Å². The number of halogens is 4. The van der Waals surface area contributed by atoms with Gasteiger partial charge in [0.25, 0.3) is 0 Å². The Morgan fingerprint density at radius 2 is 1.81 bits per heavy atom. The maximum atomic E-state index is 6.32. The van der Waals surface area contributed by atoms with Gasteiger partial charge in [-0.2, -0.15) is 0 Å². The molecule has 0 amide bonds. The van der Waals surface area contributed by atoms with Crippen molar-refractivity contribution in [3.63, 3.8) is 0 Å². The van der Waals surface area contributed by atoms with Crippen LogP contribution in [0.2, 0.25) is 15.1 Å². The van der Waals surface area contributed by atoms with Gasteiger partial charge in [0.1, 0.15) is 11.3 Å². The van der Waals surface area contributed by atoms with Crippen LogP contribution in [0, 0.1) is 0 Å². The minimum atomic E-state index is -0.303. The van der Waals surface area contributed by atoms with Crippen molar-refractivity contribution in [2.75, 3.05) is 0 Å². The molecular formula is C14H9Cl4N3. The largest absolute Gasteiger partial charge is 0.293 e. The standard InChI is InChI=1S/C14H9Cl4N3/c1-7(15)14-20-11-6-19-3-2-12(11)21(14)13-5-9(17)8(16)4-10(13)18/h2-7H,1H3. The highest BCUT2D eigenvalue weighted by molar-refractivity contribution is 6.43. The molecular weight excluding hydrogens is 352 g/mol. The second-order valence-electron chi connectivity index (χ2n) is 4.50. The molecule has 2 aromatic heterocycles. The zero-order chi connectivity index (χ0) is 15.1. The van der Waals surface area contributed by atoms with Crippen LogP contribution in [0.15, 0.2) is 30.6 Å². The molecule has 1 atom stereocenters. The third-order valence-electron chi connectivity index (χ3n) is 3.07. The van der Waals surface area contributed by atoms with Crippen molar-refractivity contribution < 1.29 is 0 Å². The Morgan fingerprint density at radius 1 is 1.10 bits per heavy atom. The summed E-state index contributed by atoms with van der Waals surface area (Å²) in [5.41, 5.74) is 2.28. The molecule has 0 saturated carbocycles. The van der Waals surface area contributed by atoms with Crippen molar-refractivity contribution in [2.24, 2.45) is 0 Å². The Bertz CT molecular complexity index is 826. The topological polar surface area (TPSA) is 30.7 Å². The number of alkyl halides is 1. The quantitative estimate of drug-likeness (QED) is 0.434. The minimum absolute atomic E-state index is 0.303. The molecule has 1 aromatic carbocycles. The zero-order valence-electron chi connectivity index (χ0n) is 10.8. The van der Waals surface area contributed by atoms with E-state index in [4.69, 9.17) is 46.4 Å². The summed E-state index contributed by atoms with van der Waals surface area (Å²) < 4.78 is 1.87. The lowest BCUT2D eigenvalue weighted by Gasteiger charge is -2.13. The Labute approximate surface area is 141 Å². The van der Waals surface area contributed by atoms with Crippen LogP contribution < -0.4 is 0 Å². The molecule has 0 saturated heterocycles. The average molecular weight is 361 g/mol. The molecule has 3 rings (SSSR count). The first-order valence-electron chi connectivity index (χ1n) is 6.10. The van der Waals surface area contributed by atoms with Gasteiger partial charge in [0.15, 0.2) is 0 Å². The van der Waals surface area contributed by atoms with Gasteiger partial charge < -0.3 is 0 Å². The van der Waals surface area contributed by atoms with Crippen LogP contribution >= 0.6 is 46.4 Å². The SMILES string of the molecule is CC(Cl)c1nc2cnccc2n1-c1cc(Cl)c(Cl)cc1Cl. The van der Waals surface area contributed by atoms with Crippen LogP contribution in [0.25, 0.3) is 16.7 Å². The fraction of sp³-hybridized carbons (Fsp3) is 0.143. The van der Waals surface area contributed by atoms with Crippen LogP contribution in [-0.4, -0.2) is 14.5 Å². The van der Waals surface area contributed by atoms with Crippen molar-refractivity contribution in [1.82, 2.24) is 14.5 Å². The van der Waals surface area contributed by atoms with E-state index in [1.807, 2.05) is 17.6 Å². The number of fused-ring (bicyclic) bond motifs is 1. The monoisotopic (exact) mass is 359 g/mol. The summed E-state index contributed by atoms with van der Waals surface area (Å²) in [5.74, 6) is 0.667. The number of rotatable bonds is 2. The summed E-state index contributed by atoms with van der Waals surface area (Å²) in [5, 5.41) is 0.985. The number of benzene rings is 1. The minimum Gasteiger partial charge on any atom is -0.293 e. The number of imidazole rings is 1. The first-order chi connectivity index (χ1) is 9.99. The molecule has 0 N–H and O–H groups in total. The summed E-state index contributed by atoms with van der Waals surface area (Å²) in [6.07, 6.45) is 3.37. The summed E-state index contributed by atoms with van der Waals surface area (Å²) in [4.78, 5) is 8.59. The smallest absolute Gasteiger partial charge is 0.132 e. The van der Waals surface area contributed by atoms with Gasteiger partial charge in [-0.05, 0) is 25.1 Å². The Balaban J connectivity index is 2.38. The van der Waals surface area contributed by atoms with Gasteiger partial charge in [0.2, 0.25) is 0 Å². The van der Waals surface area contributed by atoms with Crippen molar-refractivity contribution in [3.05, 3.63) is 51.5 Å². The molecule has 3 aromatic rings. The van der Waals surface area contributed by atoms with Crippen molar-refractivity contribution in [2.45, 2.75) is 12.3 Å². The van der Waals surface area contributed by atoms with Crippen LogP contribution in [0.4, 0.5) is 0 Å². The van der Waals surface area contributed by atoms with E-state index < -0.39 is 0 Å². The van der Waals surface area contributed by atoms with E-state index in [-0.39, 0.29) is 5.38 Å². The summed E-state index contributed by atoms with van der Waals surface area (Å²) >= 11 is 24.7. The molecule has 21 heavy (non-hydrogen) atoms. The predicted octanol–water partition coefficient (Wildman–Crippen LogP) is 5.68. The van der Waals surface area contributed by atoms with Crippen molar-refractivity contribution in [1.29, 1.82) is 0 Å². The van der Waals surface area contributed by atoms with Gasteiger partial charge >= 0.3 is 0 Å². The molecule has 0 radical (unpaired) electrons. The molecule has 0 spiro atoms. The highest BCUT2D eigenvalue weighted by Crippen LogP contribution is 2.35. The average Bonchev–Trinajstić information content (AvgIpc) is 2.82. The maximum Gasteiger partial charge on any atom is 0.132 e. The lowest BCUT2D eigenvalue weighted by Crippen LogP contribution is -2.02. The van der Waals surface area contributed by atoms with E-state index in [2.05, 4.69) is 9.97 Å². The maximum absolute atomic E-state index is 6.32. The van der Waals surface area contributed by atoms with Crippen LogP contribution in [0.3, 0.4) is 0 Å². The van der Waals surface area contributed by atoms with Crippen LogP contribution in [-0.2, 0) is 0 Å². The Morgan fingerprint density at radius 3 is 2.52 bits per heavy atom. The van der Waals surface area contributed by atoms with Crippen molar-refractivity contribution in [3.8, 4) is 5.69 Å². The van der Waals surface area contributed by atoms with E-state index in [1.54, 1.807) is 24.5 Å². The molecule has 0 bridgehead atoms. The van der Waals surface area contributed by atoms with Gasteiger partial charge in [0, 0.05) is 6.20 Å². The van der Waals surface area contributed by atoms with Gasteiger partial charge in [-0.25, -0.2) is 4.98 Å². The number of pyridine rings is 1. The fourth-order valence-corrected chi connectivity index (χ4v) is 2.93. The Kier molecular flexibility index (Phi) is 4.02. The molecule has 3 nitrogen and oxygen atoms in total. The van der Waals surface area contributed by atoms with E-state index >= 15 is 0 Å². The highest BCUT2D eigenvalue weighted by atomic mass is 35.5. The predicted molar refractivity (Wildman–Crippen MR) is 88.2 cm³/mol. The van der Waals surface area contributed by atoms with E-state index in [9.17, 15) is 0 Å². The van der Waals surface area contributed by atoms with E-state index in [0.717, 1.165) is 11.0 Å². The van der Waals surface area contributed by atoms with E-state index in [1.165, 1.54) is 0 Å². The first kappa shape index (κ1) is 14.9. The highest BCUT2D eigenvalue weighted by Gasteiger charge is 2.19. The summed E-state index contributed by atoms with van der Waals surface area (Å²) in [6.45, 7) is 1.85. The third kappa shape index (κ3) is 2.59. The summed E-state index contributed by atoms with van der Waals surface area (Å²) in [6, 6.07) is 5.16. The fourth-order valence-electron chi connectivity index (χ4n) is 2.15. The molecule has 0 aliphatic carbocycles. The van der Waals surface area contributed by atoms with Gasteiger partial charge in [-0.3, -0.25) is 9.55 Å². The van der Waals surface area contributed by atoms with Crippen LogP contribution in [0.1, 0.15) is 18.1 Å². The van der Waals surface area contributed by atoms with Gasteiger partial charge in [-0.1, -0.05) is 34.8 Å². The molecule has 7 heteroatoms. The number of hydrogen-bond donors (Lipinski definition) is 0. The van der Waals surface area contributed by atoms with Crippen LogP contribution in [0.5, 0.6) is 0 Å². The first-order valence-corrected chi connectivity index (χ1v) is 7.67. The number of hydrogen-bond acceptors (Lipinski definition) is 2. The Hall–Kier alpha value is -1.000. The number of nitrogens with zero attached hydrogens (tertiary/aromatic N) is 3. The molecule has 1 unspecified atom stereocenters. The van der Waals surface area contributed by atoms with Crippen molar-refractivity contribution >= 4 is 57.4 Å². The lowest BCUT2D eigenvalue weighted by molar-refractivity contribution is 0.883. The molecule has 2 heterocycles. The molecule has 108 valence electrons. The lowest BCUT2D eigenvalue weighted by atomic mass is 10.3. The molecule has 0 fully saturated rings.